The summed E-state index contributed by atoms with van der Waals surface area (Å²) >= 11 is 1.27. The van der Waals surface area contributed by atoms with Crippen LogP contribution in [0.2, 0.25) is 0 Å². The van der Waals surface area contributed by atoms with Gasteiger partial charge in [-0.1, -0.05) is 85.8 Å². The molecule has 1 atom stereocenters. The Morgan fingerprint density at radius 1 is 0.971 bits per heavy atom. The number of nitrogens with one attached hydrogen (secondary N) is 1. The predicted molar refractivity (Wildman–Crippen MR) is 142 cm³/mol. The van der Waals surface area contributed by atoms with E-state index in [2.05, 4.69) is 18.3 Å². The molecular weight excluding hydrogens is 454 g/mol. The van der Waals surface area contributed by atoms with Gasteiger partial charge < -0.3 is 5.32 Å². The first-order valence-electron chi connectivity index (χ1n) is 11.7. The molecule has 5 nitrogen and oxygen atoms in total. The number of rotatable bonds is 8. The fourth-order valence-electron chi connectivity index (χ4n) is 3.96. The minimum atomic E-state index is -0.523. The molecule has 176 valence electrons. The zero-order valence-corrected chi connectivity index (χ0v) is 20.4. The minimum Gasteiger partial charge on any atom is -0.321 e. The third-order valence-corrected chi connectivity index (χ3v) is 7.08. The van der Waals surface area contributed by atoms with E-state index in [0.29, 0.717) is 22.8 Å². The van der Waals surface area contributed by atoms with E-state index in [-0.39, 0.29) is 11.5 Å². The van der Waals surface area contributed by atoms with Crippen LogP contribution in [0.1, 0.15) is 30.9 Å². The highest BCUT2D eigenvalue weighted by molar-refractivity contribution is 8.05. The maximum Gasteiger partial charge on any atom is 0.269 e. The standard InChI is InChI=1S/C29H27N3O2S/c1-2-3-10-21-15-17-23(18-16-21)31-27(33)25(20-30)29-32(24-13-8-5-9-14-24)28(34)26(35-29)19-22-11-6-4-7-12-22/h4-9,11-18,26H,2-3,10,19H2,1H3,(H,31,33). The van der Waals surface area contributed by atoms with Crippen LogP contribution in [0.15, 0.2) is 95.5 Å². The molecule has 1 fully saturated rings. The van der Waals surface area contributed by atoms with Gasteiger partial charge in [-0.3, -0.25) is 14.5 Å². The summed E-state index contributed by atoms with van der Waals surface area (Å²) in [6.07, 6.45) is 3.74. The predicted octanol–water partition coefficient (Wildman–Crippen LogP) is 6.09. The van der Waals surface area contributed by atoms with Crippen LogP contribution in [-0.4, -0.2) is 17.1 Å². The van der Waals surface area contributed by atoms with Crippen molar-refractivity contribution >= 4 is 35.0 Å². The number of benzene rings is 3. The van der Waals surface area contributed by atoms with Crippen molar-refractivity contribution in [2.45, 2.75) is 37.9 Å². The van der Waals surface area contributed by atoms with Crippen LogP contribution in [0.3, 0.4) is 0 Å². The largest absolute Gasteiger partial charge is 0.321 e. The van der Waals surface area contributed by atoms with Gasteiger partial charge in [-0.15, -0.1) is 0 Å². The summed E-state index contributed by atoms with van der Waals surface area (Å²) in [7, 11) is 0. The molecule has 4 rings (SSSR count). The van der Waals surface area contributed by atoms with Crippen LogP contribution in [0, 0.1) is 11.3 Å². The number of nitrogens with zero attached hydrogens (tertiary/aromatic N) is 2. The Morgan fingerprint density at radius 3 is 2.26 bits per heavy atom. The van der Waals surface area contributed by atoms with Crippen molar-refractivity contribution in [3.63, 3.8) is 0 Å². The fourth-order valence-corrected chi connectivity index (χ4v) is 5.26. The molecule has 1 saturated heterocycles. The van der Waals surface area contributed by atoms with Crippen molar-refractivity contribution in [3.8, 4) is 6.07 Å². The molecule has 1 N–H and O–H groups in total. The Hall–Kier alpha value is -3.82. The van der Waals surface area contributed by atoms with E-state index in [1.54, 1.807) is 0 Å². The summed E-state index contributed by atoms with van der Waals surface area (Å²) in [4.78, 5) is 28.2. The lowest BCUT2D eigenvalue weighted by Gasteiger charge is -2.18. The molecule has 0 spiro atoms. The third-order valence-electron chi connectivity index (χ3n) is 5.81. The number of anilines is 2. The number of para-hydroxylation sites is 1. The summed E-state index contributed by atoms with van der Waals surface area (Å²) in [6, 6.07) is 28.7. The highest BCUT2D eigenvalue weighted by Gasteiger charge is 2.40. The second-order valence-electron chi connectivity index (χ2n) is 8.35. The van der Waals surface area contributed by atoms with Crippen LogP contribution < -0.4 is 10.2 Å². The van der Waals surface area contributed by atoms with Crippen LogP contribution in [-0.2, 0) is 22.4 Å². The highest BCUT2D eigenvalue weighted by Crippen LogP contribution is 2.42. The quantitative estimate of drug-likeness (QED) is 0.312. The average molecular weight is 482 g/mol. The zero-order chi connectivity index (χ0) is 24.6. The zero-order valence-electron chi connectivity index (χ0n) is 19.6. The maximum atomic E-state index is 13.5. The summed E-state index contributed by atoms with van der Waals surface area (Å²) in [5.41, 5.74) is 3.41. The van der Waals surface area contributed by atoms with E-state index in [4.69, 9.17) is 0 Å². The molecule has 6 heteroatoms. The van der Waals surface area contributed by atoms with Gasteiger partial charge in [-0.2, -0.15) is 5.26 Å². The average Bonchev–Trinajstić information content (AvgIpc) is 3.20. The molecular formula is C29H27N3O2S. The molecule has 0 bridgehead atoms. The Balaban J connectivity index is 1.63. The van der Waals surface area contributed by atoms with Crippen molar-refractivity contribution in [1.82, 2.24) is 0 Å². The van der Waals surface area contributed by atoms with Crippen molar-refractivity contribution in [2.75, 3.05) is 10.2 Å². The van der Waals surface area contributed by atoms with Gasteiger partial charge in [0.1, 0.15) is 16.7 Å². The van der Waals surface area contributed by atoms with Gasteiger partial charge in [0.25, 0.3) is 5.91 Å². The Morgan fingerprint density at radius 2 is 1.63 bits per heavy atom. The molecule has 0 aromatic heterocycles. The summed E-state index contributed by atoms with van der Waals surface area (Å²) in [5.74, 6) is -0.661. The second kappa shape index (κ2) is 11.5. The molecule has 0 radical (unpaired) electrons. The number of aryl methyl sites for hydroxylation is 1. The Bertz CT molecular complexity index is 1250. The molecule has 1 heterocycles. The van der Waals surface area contributed by atoms with Crippen molar-refractivity contribution < 1.29 is 9.59 Å². The van der Waals surface area contributed by atoms with Gasteiger partial charge in [0.2, 0.25) is 5.91 Å². The van der Waals surface area contributed by atoms with Crippen LogP contribution in [0.25, 0.3) is 0 Å². The number of unbranched alkanes of at least 4 members (excludes halogenated alkanes) is 1. The normalized spacial score (nSPS) is 16.6. The first-order chi connectivity index (χ1) is 17.1. The van der Waals surface area contributed by atoms with E-state index in [9.17, 15) is 14.9 Å². The molecule has 3 aromatic rings. The second-order valence-corrected chi connectivity index (χ2v) is 9.54. The first kappa shape index (κ1) is 24.3. The molecule has 1 unspecified atom stereocenters. The number of amides is 2. The van der Waals surface area contributed by atoms with Crippen LogP contribution in [0.5, 0.6) is 0 Å². The van der Waals surface area contributed by atoms with Gasteiger partial charge in [-0.05, 0) is 54.7 Å². The van der Waals surface area contributed by atoms with Crippen LogP contribution >= 0.6 is 11.8 Å². The lowest BCUT2D eigenvalue weighted by Crippen LogP contribution is -2.30. The number of hydrogen-bond donors (Lipinski definition) is 1. The van der Waals surface area contributed by atoms with Gasteiger partial charge >= 0.3 is 0 Å². The third kappa shape index (κ3) is 5.82. The molecule has 2 amide bonds. The molecule has 1 aliphatic heterocycles. The molecule has 35 heavy (non-hydrogen) atoms. The summed E-state index contributed by atoms with van der Waals surface area (Å²) < 4.78 is 0. The number of hydrogen-bond acceptors (Lipinski definition) is 4. The molecule has 0 saturated carbocycles. The minimum absolute atomic E-state index is 0.0715. The number of nitriles is 1. The summed E-state index contributed by atoms with van der Waals surface area (Å²) in [6.45, 7) is 2.15. The van der Waals surface area contributed by atoms with Gasteiger partial charge in [0.05, 0.1) is 5.25 Å². The van der Waals surface area contributed by atoms with E-state index < -0.39 is 11.2 Å². The van der Waals surface area contributed by atoms with E-state index in [0.717, 1.165) is 24.8 Å². The smallest absolute Gasteiger partial charge is 0.269 e. The van der Waals surface area contributed by atoms with Crippen molar-refractivity contribution in [1.29, 1.82) is 5.26 Å². The van der Waals surface area contributed by atoms with Gasteiger partial charge in [-0.25, -0.2) is 0 Å². The van der Waals surface area contributed by atoms with E-state index in [1.165, 1.54) is 22.2 Å². The number of carbonyl (C=O) groups is 2. The van der Waals surface area contributed by atoms with Gasteiger partial charge in [0.15, 0.2) is 0 Å². The van der Waals surface area contributed by atoms with Crippen LogP contribution in [0.4, 0.5) is 11.4 Å². The number of carbonyl (C=O) groups excluding carboxylic acids is 2. The maximum absolute atomic E-state index is 13.5. The van der Waals surface area contributed by atoms with Crippen molar-refractivity contribution in [3.05, 3.63) is 107 Å². The molecule has 1 aliphatic rings. The first-order valence-corrected chi connectivity index (χ1v) is 12.6. The molecule has 3 aromatic carbocycles. The Labute approximate surface area is 210 Å². The Kier molecular flexibility index (Phi) is 8.02. The lowest BCUT2D eigenvalue weighted by atomic mass is 10.1. The highest BCUT2D eigenvalue weighted by atomic mass is 32.2. The monoisotopic (exact) mass is 481 g/mol. The summed E-state index contributed by atoms with van der Waals surface area (Å²) in [5, 5.41) is 12.8. The fraction of sp³-hybridized carbons (Fsp3) is 0.207. The van der Waals surface area contributed by atoms with E-state index >= 15 is 0 Å². The lowest BCUT2D eigenvalue weighted by molar-refractivity contribution is -0.117. The van der Waals surface area contributed by atoms with Gasteiger partial charge in [0, 0.05) is 11.4 Å². The topological polar surface area (TPSA) is 73.2 Å². The van der Waals surface area contributed by atoms with E-state index in [1.807, 2.05) is 84.9 Å². The van der Waals surface area contributed by atoms with Crippen molar-refractivity contribution in [2.24, 2.45) is 0 Å². The SMILES string of the molecule is CCCCc1ccc(NC(=O)C(C#N)=C2SC(Cc3ccccc3)C(=O)N2c2ccccc2)cc1. The number of thioether (sulfide) groups is 1. The molecule has 0 aliphatic carbocycles.